The van der Waals surface area contributed by atoms with E-state index in [9.17, 15) is 9.90 Å². The van der Waals surface area contributed by atoms with Crippen molar-refractivity contribution in [1.82, 2.24) is 9.88 Å². The Balaban J connectivity index is 1.76. The van der Waals surface area contributed by atoms with Crippen molar-refractivity contribution in [3.63, 3.8) is 0 Å². The van der Waals surface area contributed by atoms with Crippen LogP contribution in [-0.2, 0) is 19.6 Å². The minimum Gasteiger partial charge on any atom is -0.543 e. The van der Waals surface area contributed by atoms with E-state index in [2.05, 4.69) is 43.4 Å². The van der Waals surface area contributed by atoms with Crippen LogP contribution in [0.4, 0.5) is 0 Å². The van der Waals surface area contributed by atoms with E-state index < -0.39 is 5.97 Å². The summed E-state index contributed by atoms with van der Waals surface area (Å²) in [6.07, 6.45) is 0. The molecule has 2 aromatic carbocycles. The minimum absolute atomic E-state index is 0.255. The molecule has 0 saturated heterocycles. The highest BCUT2D eigenvalue weighted by atomic mass is 32.1. The van der Waals surface area contributed by atoms with Gasteiger partial charge < -0.3 is 19.8 Å². The lowest BCUT2D eigenvalue weighted by molar-refractivity contribution is -0.255. The lowest BCUT2D eigenvalue weighted by Crippen LogP contribution is -2.28. The van der Waals surface area contributed by atoms with Crippen LogP contribution < -0.4 is 10.4 Å². The number of para-hydroxylation sites is 1. The maximum Gasteiger partial charge on any atom is 0.0884 e. The zero-order valence-electron chi connectivity index (χ0n) is 16.6. The van der Waals surface area contributed by atoms with Gasteiger partial charge in [-0.15, -0.1) is 11.3 Å². The van der Waals surface area contributed by atoms with Gasteiger partial charge in [0, 0.05) is 41.0 Å². The highest BCUT2D eigenvalue weighted by molar-refractivity contribution is 7.09. The molecule has 4 nitrogen and oxygen atoms in total. The molecule has 0 unspecified atom stereocenters. The number of carboxylic acid groups (broad SMARTS) is 1. The smallest absolute Gasteiger partial charge is 0.0884 e. The SMILES string of the molecule is Cc1ccc(C)c(Cn2c(C(=O)[O-])c(CNCc3cccs3)c3ccccc32)c1. The molecule has 0 radical (unpaired) electrons. The summed E-state index contributed by atoms with van der Waals surface area (Å²) < 4.78 is 1.88. The van der Waals surface area contributed by atoms with Gasteiger partial charge in [0.2, 0.25) is 0 Å². The Bertz CT molecular complexity index is 1160. The average molecular weight is 404 g/mol. The Labute approximate surface area is 174 Å². The second kappa shape index (κ2) is 8.23. The molecule has 0 fully saturated rings. The molecule has 0 bridgehead atoms. The fraction of sp³-hybridized carbons (Fsp3) is 0.208. The second-order valence-corrected chi connectivity index (χ2v) is 8.36. The molecule has 2 aromatic heterocycles. The predicted molar refractivity (Wildman–Crippen MR) is 116 cm³/mol. The van der Waals surface area contributed by atoms with Gasteiger partial charge in [0.1, 0.15) is 0 Å². The van der Waals surface area contributed by atoms with Crippen LogP contribution in [0, 0.1) is 13.8 Å². The molecule has 148 valence electrons. The maximum atomic E-state index is 12.2. The average Bonchev–Trinajstić information content (AvgIpc) is 3.32. The summed E-state index contributed by atoms with van der Waals surface area (Å²) >= 11 is 1.69. The number of benzene rings is 2. The summed E-state index contributed by atoms with van der Waals surface area (Å²) in [5, 5.41) is 18.6. The fourth-order valence-electron chi connectivity index (χ4n) is 3.82. The molecule has 5 heteroatoms. The van der Waals surface area contributed by atoms with Crippen molar-refractivity contribution in [2.75, 3.05) is 0 Å². The molecule has 4 aromatic rings. The molecule has 0 aliphatic heterocycles. The standard InChI is InChI=1S/C24H24N2O2S/c1-16-9-10-17(2)18(12-16)15-26-22-8-4-3-7-20(22)21(23(26)24(27)28)14-25-13-19-6-5-11-29-19/h3-12,25H,13-15H2,1-2H3,(H,27,28)/p-1. The first-order valence-electron chi connectivity index (χ1n) is 9.65. The number of hydrogen-bond donors (Lipinski definition) is 1. The molecule has 0 spiro atoms. The Morgan fingerprint density at radius 3 is 2.66 bits per heavy atom. The topological polar surface area (TPSA) is 57.1 Å². The van der Waals surface area contributed by atoms with Gasteiger partial charge in [0.25, 0.3) is 0 Å². The van der Waals surface area contributed by atoms with Crippen LogP contribution in [0.25, 0.3) is 10.9 Å². The lowest BCUT2D eigenvalue weighted by atomic mass is 10.1. The highest BCUT2D eigenvalue weighted by Crippen LogP contribution is 2.28. The number of fused-ring (bicyclic) bond motifs is 1. The number of aromatic nitrogens is 1. The van der Waals surface area contributed by atoms with Crippen molar-refractivity contribution in [3.05, 3.63) is 92.8 Å². The van der Waals surface area contributed by atoms with Gasteiger partial charge in [-0.1, -0.05) is 48.0 Å². The molecule has 0 aliphatic carbocycles. The summed E-state index contributed by atoms with van der Waals surface area (Å²) in [6.45, 7) is 5.80. The Hall–Kier alpha value is -2.89. The van der Waals surface area contributed by atoms with E-state index in [1.807, 2.05) is 40.3 Å². The minimum atomic E-state index is -1.14. The van der Waals surface area contributed by atoms with Gasteiger partial charge in [-0.3, -0.25) is 0 Å². The lowest BCUT2D eigenvalue weighted by Gasteiger charge is -2.15. The number of nitrogens with one attached hydrogen (secondary N) is 1. The van der Waals surface area contributed by atoms with Crippen molar-refractivity contribution < 1.29 is 9.90 Å². The molecule has 29 heavy (non-hydrogen) atoms. The van der Waals surface area contributed by atoms with Gasteiger partial charge >= 0.3 is 0 Å². The first-order valence-corrected chi connectivity index (χ1v) is 10.5. The third-order valence-corrected chi connectivity index (χ3v) is 6.16. The maximum absolute atomic E-state index is 12.2. The number of nitrogens with zero attached hydrogens (tertiary/aromatic N) is 1. The van der Waals surface area contributed by atoms with Crippen LogP contribution in [0.5, 0.6) is 0 Å². The Morgan fingerprint density at radius 2 is 1.90 bits per heavy atom. The van der Waals surface area contributed by atoms with Crippen LogP contribution in [0.2, 0.25) is 0 Å². The summed E-state index contributed by atoms with van der Waals surface area (Å²) in [7, 11) is 0. The molecule has 4 rings (SSSR count). The molecule has 0 saturated carbocycles. The van der Waals surface area contributed by atoms with Crippen LogP contribution in [0.3, 0.4) is 0 Å². The highest BCUT2D eigenvalue weighted by Gasteiger charge is 2.18. The number of rotatable bonds is 7. The quantitative estimate of drug-likeness (QED) is 0.507. The molecular weight excluding hydrogens is 380 g/mol. The van der Waals surface area contributed by atoms with E-state index in [-0.39, 0.29) is 5.69 Å². The monoisotopic (exact) mass is 403 g/mol. The van der Waals surface area contributed by atoms with Crippen molar-refractivity contribution in [2.24, 2.45) is 0 Å². The van der Waals surface area contributed by atoms with Crippen molar-refractivity contribution in [2.45, 2.75) is 33.5 Å². The van der Waals surface area contributed by atoms with Crippen LogP contribution in [-0.4, -0.2) is 10.5 Å². The molecule has 0 atom stereocenters. The first-order chi connectivity index (χ1) is 14.0. The van der Waals surface area contributed by atoms with Crippen molar-refractivity contribution in [1.29, 1.82) is 0 Å². The van der Waals surface area contributed by atoms with E-state index in [0.29, 0.717) is 19.6 Å². The number of carbonyl (C=O) groups excluding carboxylic acids is 1. The van der Waals surface area contributed by atoms with E-state index in [1.54, 1.807) is 11.3 Å². The predicted octanol–water partition coefficient (Wildman–Crippen LogP) is 4.02. The van der Waals surface area contributed by atoms with E-state index >= 15 is 0 Å². The van der Waals surface area contributed by atoms with Crippen LogP contribution >= 0.6 is 11.3 Å². The summed E-state index contributed by atoms with van der Waals surface area (Å²) in [6, 6.07) is 18.2. The molecule has 1 N–H and O–H groups in total. The zero-order valence-corrected chi connectivity index (χ0v) is 17.4. The molecule has 0 amide bonds. The van der Waals surface area contributed by atoms with Crippen molar-refractivity contribution in [3.8, 4) is 0 Å². The number of aryl methyl sites for hydroxylation is 2. The number of thiophene rings is 1. The van der Waals surface area contributed by atoms with Crippen molar-refractivity contribution >= 4 is 28.2 Å². The third kappa shape index (κ3) is 3.97. The number of carbonyl (C=O) groups is 1. The van der Waals surface area contributed by atoms with Gasteiger partial charge in [0.05, 0.1) is 11.7 Å². The summed E-state index contributed by atoms with van der Waals surface area (Å²) in [5.41, 5.74) is 5.38. The molecule has 0 aliphatic rings. The Kier molecular flexibility index (Phi) is 5.51. The number of aromatic carboxylic acids is 1. The van der Waals surface area contributed by atoms with E-state index in [0.717, 1.165) is 33.2 Å². The van der Waals surface area contributed by atoms with E-state index in [4.69, 9.17) is 0 Å². The zero-order chi connectivity index (χ0) is 20.4. The summed E-state index contributed by atoms with van der Waals surface area (Å²) in [4.78, 5) is 13.4. The van der Waals surface area contributed by atoms with Gasteiger partial charge in [-0.25, -0.2) is 0 Å². The van der Waals surface area contributed by atoms with Gasteiger partial charge in [-0.2, -0.15) is 0 Å². The number of carboxylic acids is 1. The van der Waals surface area contributed by atoms with Crippen LogP contribution in [0.1, 0.15) is 37.6 Å². The normalized spacial score (nSPS) is 11.2. The third-order valence-electron chi connectivity index (χ3n) is 5.28. The Morgan fingerprint density at radius 1 is 1.07 bits per heavy atom. The second-order valence-electron chi connectivity index (χ2n) is 7.33. The number of hydrogen-bond acceptors (Lipinski definition) is 4. The molecule has 2 heterocycles. The van der Waals surface area contributed by atoms with Gasteiger partial charge in [-0.05, 0) is 42.5 Å². The molecular formula is C24H23N2O2S-. The van der Waals surface area contributed by atoms with E-state index in [1.165, 1.54) is 4.88 Å². The van der Waals surface area contributed by atoms with Crippen LogP contribution in [0.15, 0.2) is 60.0 Å². The summed E-state index contributed by atoms with van der Waals surface area (Å²) in [5.74, 6) is -1.14. The van der Waals surface area contributed by atoms with Gasteiger partial charge in [0.15, 0.2) is 0 Å². The largest absolute Gasteiger partial charge is 0.543 e. The first kappa shape index (κ1) is 19.4. The fourth-order valence-corrected chi connectivity index (χ4v) is 4.49.